The molecule has 1 heterocycles. The molecule has 0 saturated carbocycles. The quantitative estimate of drug-likeness (QED) is 0.767. The summed E-state index contributed by atoms with van der Waals surface area (Å²) in [5, 5.41) is 13.1. The van der Waals surface area contributed by atoms with Crippen molar-refractivity contribution in [1.29, 1.82) is 0 Å². The van der Waals surface area contributed by atoms with Crippen molar-refractivity contribution in [3.05, 3.63) is 29.8 Å². The number of aromatic hydroxyl groups is 1. The Balaban J connectivity index is 2.12. The van der Waals surface area contributed by atoms with Gasteiger partial charge in [-0.1, -0.05) is 18.2 Å². The largest absolute Gasteiger partial charge is 0.508 e. The van der Waals surface area contributed by atoms with E-state index in [0.717, 1.165) is 31.7 Å². The Morgan fingerprint density at radius 3 is 2.60 bits per heavy atom. The molecule has 0 amide bonds. The summed E-state index contributed by atoms with van der Waals surface area (Å²) in [6.07, 6.45) is 0. The number of para-hydroxylation sites is 1. The number of rotatable bonds is 2. The van der Waals surface area contributed by atoms with Gasteiger partial charge in [0.25, 0.3) is 0 Å². The average Bonchev–Trinajstić information content (AvgIpc) is 2.30. The van der Waals surface area contributed by atoms with Gasteiger partial charge in [-0.15, -0.1) is 0 Å². The van der Waals surface area contributed by atoms with E-state index in [4.69, 9.17) is 0 Å². The molecule has 0 spiro atoms. The van der Waals surface area contributed by atoms with Crippen LogP contribution in [-0.4, -0.2) is 36.2 Å². The Morgan fingerprint density at radius 1 is 1.27 bits per heavy atom. The molecule has 2 rings (SSSR count). The number of nitrogens with zero attached hydrogens (tertiary/aromatic N) is 1. The maximum Gasteiger partial charge on any atom is 0.120 e. The molecule has 3 nitrogen and oxygen atoms in total. The van der Waals surface area contributed by atoms with Crippen LogP contribution < -0.4 is 5.32 Å². The van der Waals surface area contributed by atoms with Crippen LogP contribution in [0.4, 0.5) is 0 Å². The highest BCUT2D eigenvalue weighted by atomic mass is 16.3. The zero-order chi connectivity index (χ0) is 10.7. The van der Waals surface area contributed by atoms with Gasteiger partial charge in [0.15, 0.2) is 0 Å². The second-order valence-electron chi connectivity index (χ2n) is 4.02. The van der Waals surface area contributed by atoms with Gasteiger partial charge in [0.05, 0.1) is 0 Å². The molecular weight excluding hydrogens is 188 g/mol. The summed E-state index contributed by atoms with van der Waals surface area (Å²) >= 11 is 0. The van der Waals surface area contributed by atoms with Crippen molar-refractivity contribution in [1.82, 2.24) is 10.2 Å². The number of hydrogen-bond acceptors (Lipinski definition) is 3. The topological polar surface area (TPSA) is 35.5 Å². The number of phenols is 1. The van der Waals surface area contributed by atoms with Crippen molar-refractivity contribution in [3.8, 4) is 5.75 Å². The molecule has 15 heavy (non-hydrogen) atoms. The molecule has 1 aromatic rings. The van der Waals surface area contributed by atoms with E-state index in [1.54, 1.807) is 6.07 Å². The van der Waals surface area contributed by atoms with Gasteiger partial charge in [-0.05, 0) is 13.0 Å². The minimum atomic E-state index is 0.299. The van der Waals surface area contributed by atoms with Crippen LogP contribution in [0.2, 0.25) is 0 Å². The van der Waals surface area contributed by atoms with Crippen LogP contribution in [-0.2, 0) is 0 Å². The molecule has 0 aliphatic carbocycles. The van der Waals surface area contributed by atoms with Crippen molar-refractivity contribution in [2.45, 2.75) is 13.0 Å². The first-order valence-electron chi connectivity index (χ1n) is 5.51. The Labute approximate surface area is 90.7 Å². The first kappa shape index (κ1) is 10.5. The fourth-order valence-corrected chi connectivity index (χ4v) is 2.11. The molecule has 3 heteroatoms. The molecule has 1 fully saturated rings. The summed E-state index contributed by atoms with van der Waals surface area (Å²) in [4.78, 5) is 2.39. The van der Waals surface area contributed by atoms with Gasteiger partial charge < -0.3 is 10.4 Å². The van der Waals surface area contributed by atoms with Crippen LogP contribution in [0.15, 0.2) is 24.3 Å². The highest BCUT2D eigenvalue weighted by molar-refractivity contribution is 5.34. The molecule has 1 saturated heterocycles. The van der Waals surface area contributed by atoms with Crippen molar-refractivity contribution in [2.24, 2.45) is 0 Å². The summed E-state index contributed by atoms with van der Waals surface area (Å²) in [6, 6.07) is 7.90. The van der Waals surface area contributed by atoms with E-state index >= 15 is 0 Å². The number of nitrogens with one attached hydrogen (secondary N) is 1. The third-order valence-corrected chi connectivity index (χ3v) is 3.09. The Morgan fingerprint density at radius 2 is 1.93 bits per heavy atom. The van der Waals surface area contributed by atoms with Crippen LogP contribution in [0.3, 0.4) is 0 Å². The molecule has 2 N–H and O–H groups in total. The smallest absolute Gasteiger partial charge is 0.120 e. The van der Waals surface area contributed by atoms with Crippen LogP contribution in [0.25, 0.3) is 0 Å². The van der Waals surface area contributed by atoms with Crippen LogP contribution >= 0.6 is 0 Å². The van der Waals surface area contributed by atoms with Crippen molar-refractivity contribution < 1.29 is 5.11 Å². The number of hydrogen-bond donors (Lipinski definition) is 2. The van der Waals surface area contributed by atoms with Gasteiger partial charge in [0.1, 0.15) is 5.75 Å². The van der Waals surface area contributed by atoms with E-state index in [1.807, 2.05) is 18.2 Å². The summed E-state index contributed by atoms with van der Waals surface area (Å²) < 4.78 is 0. The standard InChI is InChI=1S/C12H18N2O/c1-10(14-8-6-13-7-9-14)11-4-2-3-5-12(11)15/h2-5,10,13,15H,6-9H2,1H3. The third-order valence-electron chi connectivity index (χ3n) is 3.09. The van der Waals surface area contributed by atoms with Crippen molar-refractivity contribution >= 4 is 0 Å². The number of piperazine rings is 1. The molecular formula is C12H18N2O. The molecule has 82 valence electrons. The van der Waals surface area contributed by atoms with E-state index in [2.05, 4.69) is 17.1 Å². The van der Waals surface area contributed by atoms with Gasteiger partial charge in [0.2, 0.25) is 0 Å². The van der Waals surface area contributed by atoms with Gasteiger partial charge in [-0.3, -0.25) is 4.90 Å². The molecule has 1 unspecified atom stereocenters. The lowest BCUT2D eigenvalue weighted by Crippen LogP contribution is -2.44. The van der Waals surface area contributed by atoms with E-state index in [9.17, 15) is 5.11 Å². The SMILES string of the molecule is CC(c1ccccc1O)N1CCNCC1. The van der Waals surface area contributed by atoms with Crippen LogP contribution in [0.5, 0.6) is 5.75 Å². The van der Waals surface area contributed by atoms with Crippen molar-refractivity contribution in [3.63, 3.8) is 0 Å². The van der Waals surface area contributed by atoms with Crippen molar-refractivity contribution in [2.75, 3.05) is 26.2 Å². The Kier molecular flexibility index (Phi) is 3.23. The Hall–Kier alpha value is -1.06. The zero-order valence-corrected chi connectivity index (χ0v) is 9.11. The lowest BCUT2D eigenvalue weighted by molar-refractivity contribution is 0.183. The van der Waals surface area contributed by atoms with Crippen LogP contribution in [0.1, 0.15) is 18.5 Å². The monoisotopic (exact) mass is 206 g/mol. The van der Waals surface area contributed by atoms with Gasteiger partial charge in [0, 0.05) is 37.8 Å². The molecule has 0 aromatic heterocycles. The van der Waals surface area contributed by atoms with E-state index in [-0.39, 0.29) is 0 Å². The second kappa shape index (κ2) is 4.64. The van der Waals surface area contributed by atoms with Gasteiger partial charge >= 0.3 is 0 Å². The first-order chi connectivity index (χ1) is 7.29. The maximum absolute atomic E-state index is 9.77. The maximum atomic E-state index is 9.77. The van der Waals surface area contributed by atoms with E-state index < -0.39 is 0 Å². The molecule has 1 aliphatic rings. The van der Waals surface area contributed by atoms with E-state index in [0.29, 0.717) is 11.8 Å². The average molecular weight is 206 g/mol. The lowest BCUT2D eigenvalue weighted by Gasteiger charge is -2.33. The molecule has 0 bridgehead atoms. The minimum absolute atomic E-state index is 0.299. The highest BCUT2D eigenvalue weighted by Crippen LogP contribution is 2.27. The predicted molar refractivity (Wildman–Crippen MR) is 61.0 cm³/mol. The fraction of sp³-hybridized carbons (Fsp3) is 0.500. The molecule has 1 aliphatic heterocycles. The minimum Gasteiger partial charge on any atom is -0.508 e. The fourth-order valence-electron chi connectivity index (χ4n) is 2.11. The molecule has 0 radical (unpaired) electrons. The second-order valence-corrected chi connectivity index (χ2v) is 4.02. The number of phenolic OH excluding ortho intramolecular Hbond substituents is 1. The summed E-state index contributed by atoms with van der Waals surface area (Å²) in [5.74, 6) is 0.406. The zero-order valence-electron chi connectivity index (χ0n) is 9.11. The van der Waals surface area contributed by atoms with E-state index in [1.165, 1.54) is 0 Å². The van der Waals surface area contributed by atoms with Gasteiger partial charge in [-0.2, -0.15) is 0 Å². The Bertz CT molecular complexity index is 321. The lowest BCUT2D eigenvalue weighted by atomic mass is 10.1. The number of benzene rings is 1. The summed E-state index contributed by atoms with van der Waals surface area (Å²) in [7, 11) is 0. The van der Waals surface area contributed by atoms with Gasteiger partial charge in [-0.25, -0.2) is 0 Å². The normalized spacial score (nSPS) is 20.1. The molecule has 1 aromatic carbocycles. The molecule has 1 atom stereocenters. The third kappa shape index (κ3) is 2.30. The predicted octanol–water partition coefficient (Wildman–Crippen LogP) is 1.36. The summed E-state index contributed by atoms with van der Waals surface area (Å²) in [5.41, 5.74) is 1.03. The first-order valence-corrected chi connectivity index (χ1v) is 5.51. The summed E-state index contributed by atoms with van der Waals surface area (Å²) in [6.45, 7) is 6.33. The highest BCUT2D eigenvalue weighted by Gasteiger charge is 2.19. The van der Waals surface area contributed by atoms with Crippen LogP contribution in [0, 0.1) is 0 Å².